The van der Waals surface area contributed by atoms with Crippen molar-refractivity contribution in [3.05, 3.63) is 83.2 Å². The van der Waals surface area contributed by atoms with Gasteiger partial charge in [-0.15, -0.1) is 0 Å². The second kappa shape index (κ2) is 6.92. The number of imide groups is 1. The van der Waals surface area contributed by atoms with E-state index in [1.807, 2.05) is 36.4 Å². The molecule has 1 saturated heterocycles. The van der Waals surface area contributed by atoms with E-state index in [1.54, 1.807) is 12.1 Å². The summed E-state index contributed by atoms with van der Waals surface area (Å²) in [4.78, 5) is 23.0. The molecule has 0 aromatic heterocycles. The van der Waals surface area contributed by atoms with Gasteiger partial charge in [-0.05, 0) is 39.9 Å². The highest BCUT2D eigenvalue weighted by Gasteiger charge is 2.31. The Morgan fingerprint density at radius 1 is 0.923 bits per heavy atom. The van der Waals surface area contributed by atoms with Crippen molar-refractivity contribution < 1.29 is 14.0 Å². The summed E-state index contributed by atoms with van der Waals surface area (Å²) in [6, 6.07) is 18.9. The lowest BCUT2D eigenvalue weighted by Gasteiger charge is -2.09. The normalized spacial score (nSPS) is 16.9. The molecule has 1 unspecified atom stereocenters. The standard InChI is InChI=1S/C21H16FNO2S/c22-18-4-2-1-3-17(18)11-13-5-7-16-10-14(6-8-15(16)9-13)12-19-20(24)23-21(25)26-19/h1-10,19H,11-12H2,(H,23,24,25). The highest BCUT2D eigenvalue weighted by atomic mass is 32.2. The van der Waals surface area contributed by atoms with Gasteiger partial charge in [-0.1, -0.05) is 66.4 Å². The molecule has 26 heavy (non-hydrogen) atoms. The Hall–Kier alpha value is -2.66. The molecule has 1 N–H and O–H groups in total. The van der Waals surface area contributed by atoms with Crippen LogP contribution in [0.25, 0.3) is 10.8 Å². The Labute approximate surface area is 154 Å². The molecule has 1 aliphatic heterocycles. The van der Waals surface area contributed by atoms with E-state index >= 15 is 0 Å². The molecular formula is C21H16FNO2S. The molecule has 4 rings (SSSR count). The molecule has 3 aromatic rings. The van der Waals surface area contributed by atoms with Gasteiger partial charge in [0, 0.05) is 6.42 Å². The first-order chi connectivity index (χ1) is 12.6. The first-order valence-electron chi connectivity index (χ1n) is 8.35. The third-order valence-corrected chi connectivity index (χ3v) is 5.49. The van der Waals surface area contributed by atoms with Crippen LogP contribution in [-0.2, 0) is 17.6 Å². The summed E-state index contributed by atoms with van der Waals surface area (Å²) in [5.74, 6) is -0.412. The summed E-state index contributed by atoms with van der Waals surface area (Å²) >= 11 is 1.04. The summed E-state index contributed by atoms with van der Waals surface area (Å²) in [6.45, 7) is 0. The van der Waals surface area contributed by atoms with Crippen LogP contribution in [0, 0.1) is 5.82 Å². The molecule has 2 amide bonds. The van der Waals surface area contributed by atoms with Crippen molar-refractivity contribution in [2.75, 3.05) is 0 Å². The van der Waals surface area contributed by atoms with Crippen LogP contribution in [0.4, 0.5) is 9.18 Å². The predicted octanol–water partition coefficient (Wildman–Crippen LogP) is 4.46. The van der Waals surface area contributed by atoms with Crippen molar-refractivity contribution >= 4 is 33.7 Å². The fraction of sp³-hybridized carbons (Fsp3) is 0.143. The average molecular weight is 365 g/mol. The Morgan fingerprint density at radius 3 is 2.31 bits per heavy atom. The van der Waals surface area contributed by atoms with Gasteiger partial charge in [0.2, 0.25) is 5.91 Å². The minimum atomic E-state index is -0.361. The maximum Gasteiger partial charge on any atom is 0.286 e. The number of nitrogens with one attached hydrogen (secondary N) is 1. The maximum atomic E-state index is 13.8. The van der Waals surface area contributed by atoms with Crippen molar-refractivity contribution in [3.63, 3.8) is 0 Å². The number of rotatable bonds is 4. The van der Waals surface area contributed by atoms with Crippen molar-refractivity contribution in [2.24, 2.45) is 0 Å². The second-order valence-corrected chi connectivity index (χ2v) is 7.55. The molecule has 0 bridgehead atoms. The van der Waals surface area contributed by atoms with Gasteiger partial charge in [-0.2, -0.15) is 0 Å². The molecule has 1 aliphatic rings. The number of halogens is 1. The van der Waals surface area contributed by atoms with Gasteiger partial charge < -0.3 is 0 Å². The number of hydrogen-bond donors (Lipinski definition) is 1. The summed E-state index contributed by atoms with van der Waals surface area (Å²) in [7, 11) is 0. The lowest BCUT2D eigenvalue weighted by molar-refractivity contribution is -0.118. The minimum absolute atomic E-state index is 0.190. The Morgan fingerprint density at radius 2 is 1.62 bits per heavy atom. The molecule has 3 aromatic carbocycles. The third kappa shape index (κ3) is 3.48. The molecule has 5 heteroatoms. The Kier molecular flexibility index (Phi) is 4.47. The van der Waals surface area contributed by atoms with E-state index in [4.69, 9.17) is 0 Å². The molecule has 1 fully saturated rings. The molecule has 3 nitrogen and oxygen atoms in total. The van der Waals surface area contributed by atoms with E-state index < -0.39 is 0 Å². The largest absolute Gasteiger partial charge is 0.286 e. The lowest BCUT2D eigenvalue weighted by Crippen LogP contribution is -2.25. The van der Waals surface area contributed by atoms with Gasteiger partial charge in [0.05, 0.1) is 5.25 Å². The Bertz CT molecular complexity index is 1020. The fourth-order valence-corrected chi connectivity index (χ4v) is 4.04. The monoisotopic (exact) mass is 365 g/mol. The number of carbonyl (C=O) groups is 2. The highest BCUT2D eigenvalue weighted by molar-refractivity contribution is 8.15. The van der Waals surface area contributed by atoms with Crippen LogP contribution in [0.2, 0.25) is 0 Å². The molecule has 0 radical (unpaired) electrons. The number of thioether (sulfide) groups is 1. The van der Waals surface area contributed by atoms with Gasteiger partial charge in [0.15, 0.2) is 0 Å². The van der Waals surface area contributed by atoms with Crippen LogP contribution in [0.5, 0.6) is 0 Å². The number of hydrogen-bond acceptors (Lipinski definition) is 3. The van der Waals surface area contributed by atoms with Crippen molar-refractivity contribution in [3.8, 4) is 0 Å². The molecular weight excluding hydrogens is 349 g/mol. The summed E-state index contributed by atoms with van der Waals surface area (Å²) in [5.41, 5.74) is 2.74. The molecule has 1 atom stereocenters. The van der Waals surface area contributed by atoms with Crippen molar-refractivity contribution in [1.29, 1.82) is 0 Å². The van der Waals surface area contributed by atoms with Gasteiger partial charge in [0.25, 0.3) is 5.24 Å². The summed E-state index contributed by atoms with van der Waals surface area (Å²) in [5, 5.41) is 3.81. The lowest BCUT2D eigenvalue weighted by atomic mass is 9.98. The van der Waals surface area contributed by atoms with E-state index in [1.165, 1.54) is 6.07 Å². The van der Waals surface area contributed by atoms with Crippen LogP contribution in [-0.4, -0.2) is 16.4 Å². The smallest absolute Gasteiger partial charge is 0.286 e. The molecule has 1 heterocycles. The average Bonchev–Trinajstić information content (AvgIpc) is 2.94. The molecule has 130 valence electrons. The van der Waals surface area contributed by atoms with Crippen LogP contribution in [0.15, 0.2) is 60.7 Å². The number of amides is 2. The van der Waals surface area contributed by atoms with Gasteiger partial charge in [0.1, 0.15) is 5.82 Å². The zero-order chi connectivity index (χ0) is 18.1. The number of benzene rings is 3. The first kappa shape index (κ1) is 16.8. The Balaban J connectivity index is 1.55. The van der Waals surface area contributed by atoms with Crippen LogP contribution in [0.3, 0.4) is 0 Å². The van der Waals surface area contributed by atoms with Crippen LogP contribution >= 0.6 is 11.8 Å². The van der Waals surface area contributed by atoms with E-state index in [0.29, 0.717) is 18.4 Å². The third-order valence-electron chi connectivity index (χ3n) is 4.51. The zero-order valence-electron chi connectivity index (χ0n) is 13.9. The van der Waals surface area contributed by atoms with Crippen LogP contribution in [0.1, 0.15) is 16.7 Å². The minimum Gasteiger partial charge on any atom is -0.286 e. The number of carbonyl (C=O) groups excluding carboxylic acids is 2. The van der Waals surface area contributed by atoms with Gasteiger partial charge in [-0.25, -0.2) is 4.39 Å². The second-order valence-electron chi connectivity index (χ2n) is 6.37. The van der Waals surface area contributed by atoms with E-state index in [9.17, 15) is 14.0 Å². The van der Waals surface area contributed by atoms with E-state index in [-0.39, 0.29) is 22.2 Å². The summed E-state index contributed by atoms with van der Waals surface area (Å²) < 4.78 is 13.8. The first-order valence-corrected chi connectivity index (χ1v) is 9.23. The molecule has 0 spiro atoms. The maximum absolute atomic E-state index is 13.8. The highest BCUT2D eigenvalue weighted by Crippen LogP contribution is 2.26. The van der Waals surface area contributed by atoms with Crippen molar-refractivity contribution in [2.45, 2.75) is 18.1 Å². The van der Waals surface area contributed by atoms with Crippen molar-refractivity contribution in [1.82, 2.24) is 5.32 Å². The quantitative estimate of drug-likeness (QED) is 0.742. The zero-order valence-corrected chi connectivity index (χ0v) is 14.7. The predicted molar refractivity (Wildman–Crippen MR) is 102 cm³/mol. The van der Waals surface area contributed by atoms with Gasteiger partial charge in [-0.3, -0.25) is 14.9 Å². The summed E-state index contributed by atoms with van der Waals surface area (Å²) in [6.07, 6.45) is 1.07. The molecule has 0 saturated carbocycles. The van der Waals surface area contributed by atoms with Crippen LogP contribution < -0.4 is 5.32 Å². The van der Waals surface area contributed by atoms with Gasteiger partial charge >= 0.3 is 0 Å². The topological polar surface area (TPSA) is 46.2 Å². The number of fused-ring (bicyclic) bond motifs is 1. The van der Waals surface area contributed by atoms with E-state index in [0.717, 1.165) is 33.7 Å². The molecule has 0 aliphatic carbocycles. The fourth-order valence-electron chi connectivity index (χ4n) is 3.18. The SMILES string of the molecule is O=C1NC(=O)C(Cc2ccc3cc(Cc4ccccc4F)ccc3c2)S1. The van der Waals surface area contributed by atoms with E-state index in [2.05, 4.69) is 11.4 Å².